The van der Waals surface area contributed by atoms with Crippen LogP contribution in [0.1, 0.15) is 10.4 Å². The van der Waals surface area contributed by atoms with Crippen LogP contribution in [0.5, 0.6) is 11.5 Å². The first-order valence-corrected chi connectivity index (χ1v) is 6.31. The molecule has 0 fully saturated rings. The van der Waals surface area contributed by atoms with Crippen LogP contribution in [-0.2, 0) is 0 Å². The fourth-order valence-corrected chi connectivity index (χ4v) is 1.82. The molecular weight excluding hydrogens is 278 g/mol. The van der Waals surface area contributed by atoms with Gasteiger partial charge in [-0.05, 0) is 36.4 Å². The maximum atomic E-state index is 12.1. The number of rotatable bonds is 4. The van der Waals surface area contributed by atoms with Crippen molar-refractivity contribution in [3.8, 4) is 11.5 Å². The van der Waals surface area contributed by atoms with Crippen molar-refractivity contribution in [2.75, 3.05) is 19.5 Å². The Kier molecular flexibility index (Phi) is 4.48. The van der Waals surface area contributed by atoms with Crippen LogP contribution >= 0.6 is 11.6 Å². The molecule has 0 aliphatic carbocycles. The number of amides is 1. The third-order valence-corrected chi connectivity index (χ3v) is 3.02. The van der Waals surface area contributed by atoms with Gasteiger partial charge in [0.1, 0.15) is 11.5 Å². The minimum absolute atomic E-state index is 0.231. The Morgan fingerprint density at radius 1 is 1.05 bits per heavy atom. The van der Waals surface area contributed by atoms with E-state index in [1.807, 2.05) is 0 Å². The van der Waals surface area contributed by atoms with Crippen molar-refractivity contribution < 1.29 is 14.3 Å². The third kappa shape index (κ3) is 3.22. The van der Waals surface area contributed by atoms with Gasteiger partial charge in [-0.25, -0.2) is 0 Å². The minimum atomic E-state index is -0.231. The Morgan fingerprint density at radius 2 is 1.75 bits per heavy atom. The summed E-state index contributed by atoms with van der Waals surface area (Å²) >= 11 is 5.79. The molecule has 1 N–H and O–H groups in total. The van der Waals surface area contributed by atoms with Crippen molar-refractivity contribution in [1.29, 1.82) is 0 Å². The van der Waals surface area contributed by atoms with Crippen molar-refractivity contribution in [3.05, 3.63) is 53.1 Å². The zero-order valence-corrected chi connectivity index (χ0v) is 11.9. The lowest BCUT2D eigenvalue weighted by molar-refractivity contribution is 0.102. The Labute approximate surface area is 122 Å². The van der Waals surface area contributed by atoms with Gasteiger partial charge in [-0.2, -0.15) is 0 Å². The van der Waals surface area contributed by atoms with E-state index in [2.05, 4.69) is 5.32 Å². The number of carbonyl (C=O) groups is 1. The predicted octanol–water partition coefficient (Wildman–Crippen LogP) is 3.61. The van der Waals surface area contributed by atoms with Gasteiger partial charge in [0.2, 0.25) is 0 Å². The largest absolute Gasteiger partial charge is 0.497 e. The van der Waals surface area contributed by atoms with Crippen molar-refractivity contribution in [1.82, 2.24) is 0 Å². The van der Waals surface area contributed by atoms with Crippen molar-refractivity contribution in [3.63, 3.8) is 0 Å². The van der Waals surface area contributed by atoms with Gasteiger partial charge in [-0.15, -0.1) is 0 Å². The highest BCUT2D eigenvalue weighted by atomic mass is 35.5. The zero-order valence-electron chi connectivity index (χ0n) is 11.1. The standard InChI is InChI=1S/C15H14ClNO3/c1-19-12-7-8-13(14(9-12)20-2)17-15(18)10-3-5-11(16)6-4-10/h3-9H,1-2H3,(H,17,18). The molecule has 0 aromatic heterocycles. The monoisotopic (exact) mass is 291 g/mol. The number of hydrogen-bond donors (Lipinski definition) is 1. The molecule has 4 nitrogen and oxygen atoms in total. The quantitative estimate of drug-likeness (QED) is 0.936. The van der Waals surface area contributed by atoms with Crippen molar-refractivity contribution in [2.45, 2.75) is 0 Å². The summed E-state index contributed by atoms with van der Waals surface area (Å²) in [6.45, 7) is 0. The van der Waals surface area contributed by atoms with Crippen molar-refractivity contribution >= 4 is 23.2 Å². The lowest BCUT2D eigenvalue weighted by Gasteiger charge is -2.11. The van der Waals surface area contributed by atoms with Gasteiger partial charge in [0.15, 0.2) is 0 Å². The van der Waals surface area contributed by atoms with Crippen LogP contribution in [0.3, 0.4) is 0 Å². The van der Waals surface area contributed by atoms with Crippen LogP contribution in [0.2, 0.25) is 5.02 Å². The Balaban J connectivity index is 2.21. The second-order valence-corrected chi connectivity index (χ2v) is 4.46. The van der Waals surface area contributed by atoms with Gasteiger partial charge in [-0.1, -0.05) is 11.6 Å². The summed E-state index contributed by atoms with van der Waals surface area (Å²) in [7, 11) is 3.10. The summed E-state index contributed by atoms with van der Waals surface area (Å²) in [6, 6.07) is 11.8. The molecule has 5 heteroatoms. The molecule has 0 saturated heterocycles. The van der Waals surface area contributed by atoms with Gasteiger partial charge < -0.3 is 14.8 Å². The van der Waals surface area contributed by atoms with E-state index in [1.165, 1.54) is 7.11 Å². The average Bonchev–Trinajstić information content (AvgIpc) is 2.48. The molecule has 0 heterocycles. The first kappa shape index (κ1) is 14.2. The molecule has 0 unspecified atom stereocenters. The summed E-state index contributed by atoms with van der Waals surface area (Å²) < 4.78 is 10.3. The summed E-state index contributed by atoms with van der Waals surface area (Å²) in [6.07, 6.45) is 0. The fraction of sp³-hybridized carbons (Fsp3) is 0.133. The van der Waals surface area contributed by atoms with Crippen LogP contribution in [0.25, 0.3) is 0 Å². The number of halogens is 1. The van der Waals surface area contributed by atoms with Gasteiger partial charge in [0, 0.05) is 16.7 Å². The normalized spacial score (nSPS) is 9.95. The molecule has 0 spiro atoms. The molecule has 1 amide bonds. The summed E-state index contributed by atoms with van der Waals surface area (Å²) in [5.74, 6) is 0.961. The number of benzene rings is 2. The molecule has 104 valence electrons. The van der Waals surface area contributed by atoms with Crippen LogP contribution in [0, 0.1) is 0 Å². The number of ether oxygens (including phenoxy) is 2. The van der Waals surface area contributed by atoms with Gasteiger partial charge in [0.25, 0.3) is 5.91 Å². The van der Waals surface area contributed by atoms with E-state index in [0.717, 1.165) is 0 Å². The molecule has 2 rings (SSSR count). The smallest absolute Gasteiger partial charge is 0.255 e. The number of hydrogen-bond acceptors (Lipinski definition) is 3. The second kappa shape index (κ2) is 6.30. The van der Waals surface area contributed by atoms with E-state index in [1.54, 1.807) is 49.6 Å². The van der Waals surface area contributed by atoms with E-state index < -0.39 is 0 Å². The summed E-state index contributed by atoms with van der Waals surface area (Å²) in [4.78, 5) is 12.1. The van der Waals surface area contributed by atoms with Gasteiger partial charge in [-0.3, -0.25) is 4.79 Å². The Hall–Kier alpha value is -2.20. The summed E-state index contributed by atoms with van der Waals surface area (Å²) in [5, 5.41) is 3.37. The van der Waals surface area contributed by atoms with Gasteiger partial charge in [0.05, 0.1) is 19.9 Å². The van der Waals surface area contributed by atoms with E-state index in [4.69, 9.17) is 21.1 Å². The maximum Gasteiger partial charge on any atom is 0.255 e. The lowest BCUT2D eigenvalue weighted by Crippen LogP contribution is -2.12. The highest BCUT2D eigenvalue weighted by Crippen LogP contribution is 2.29. The third-order valence-electron chi connectivity index (χ3n) is 2.76. The lowest BCUT2D eigenvalue weighted by atomic mass is 10.2. The van der Waals surface area contributed by atoms with Crippen LogP contribution in [0.4, 0.5) is 5.69 Å². The highest BCUT2D eigenvalue weighted by molar-refractivity contribution is 6.30. The fourth-order valence-electron chi connectivity index (χ4n) is 1.70. The molecule has 0 saturated carbocycles. The van der Waals surface area contributed by atoms with Crippen LogP contribution < -0.4 is 14.8 Å². The Morgan fingerprint density at radius 3 is 2.35 bits per heavy atom. The molecule has 0 radical (unpaired) electrons. The molecule has 0 aliphatic heterocycles. The number of nitrogens with one attached hydrogen (secondary N) is 1. The van der Waals surface area contributed by atoms with Gasteiger partial charge >= 0.3 is 0 Å². The first-order valence-electron chi connectivity index (χ1n) is 5.93. The van der Waals surface area contributed by atoms with E-state index >= 15 is 0 Å². The number of methoxy groups -OCH3 is 2. The van der Waals surface area contributed by atoms with Crippen molar-refractivity contribution in [2.24, 2.45) is 0 Å². The topological polar surface area (TPSA) is 47.6 Å². The zero-order chi connectivity index (χ0) is 14.5. The molecular formula is C15H14ClNO3. The van der Waals surface area contributed by atoms with E-state index in [0.29, 0.717) is 27.8 Å². The Bertz CT molecular complexity index is 611. The maximum absolute atomic E-state index is 12.1. The molecule has 2 aromatic rings. The van der Waals surface area contributed by atoms with Crippen LogP contribution in [-0.4, -0.2) is 20.1 Å². The number of carbonyl (C=O) groups excluding carboxylic acids is 1. The average molecular weight is 292 g/mol. The van der Waals surface area contributed by atoms with E-state index in [-0.39, 0.29) is 5.91 Å². The SMILES string of the molecule is COc1ccc(NC(=O)c2ccc(Cl)cc2)c(OC)c1. The molecule has 0 atom stereocenters. The van der Waals surface area contributed by atoms with E-state index in [9.17, 15) is 4.79 Å². The minimum Gasteiger partial charge on any atom is -0.497 e. The molecule has 0 aliphatic rings. The first-order chi connectivity index (χ1) is 9.63. The molecule has 0 bridgehead atoms. The molecule has 20 heavy (non-hydrogen) atoms. The number of anilines is 1. The predicted molar refractivity (Wildman–Crippen MR) is 79.0 cm³/mol. The summed E-state index contributed by atoms with van der Waals surface area (Å²) in [5.41, 5.74) is 1.10. The highest BCUT2D eigenvalue weighted by Gasteiger charge is 2.10. The second-order valence-electron chi connectivity index (χ2n) is 4.03. The molecule has 2 aromatic carbocycles. The van der Waals surface area contributed by atoms with Crippen LogP contribution in [0.15, 0.2) is 42.5 Å².